The molecule has 2 aromatic heterocycles. The molecule has 0 atom stereocenters. The largest absolute Gasteiger partial charge is 0.398 e. The van der Waals surface area contributed by atoms with Crippen LogP contribution in [0.3, 0.4) is 0 Å². The number of rotatable bonds is 2. The second-order valence-corrected chi connectivity index (χ2v) is 5.37. The van der Waals surface area contributed by atoms with Crippen LogP contribution in [0.1, 0.15) is 5.56 Å². The maximum Gasteiger partial charge on any atom is 0.187 e. The van der Waals surface area contributed by atoms with Crippen LogP contribution in [-0.2, 0) is 7.05 Å². The van der Waals surface area contributed by atoms with Gasteiger partial charge in [0, 0.05) is 22.8 Å². The van der Waals surface area contributed by atoms with Crippen LogP contribution in [0.4, 0.5) is 5.69 Å². The molecule has 20 heavy (non-hydrogen) atoms. The molecular formula is C12H12BrN7. The highest BCUT2D eigenvalue weighted by molar-refractivity contribution is 9.10. The maximum atomic E-state index is 6.00. The van der Waals surface area contributed by atoms with Crippen molar-refractivity contribution in [3.05, 3.63) is 34.6 Å². The minimum Gasteiger partial charge on any atom is -0.398 e. The van der Waals surface area contributed by atoms with Gasteiger partial charge in [-0.15, -0.1) is 5.10 Å². The van der Waals surface area contributed by atoms with E-state index in [4.69, 9.17) is 5.73 Å². The minimum absolute atomic E-state index is 0.628. The zero-order valence-corrected chi connectivity index (χ0v) is 12.5. The second-order valence-electron chi connectivity index (χ2n) is 4.45. The van der Waals surface area contributed by atoms with Gasteiger partial charge in [-0.25, -0.2) is 0 Å². The van der Waals surface area contributed by atoms with Crippen molar-refractivity contribution >= 4 is 21.6 Å². The fourth-order valence-corrected chi connectivity index (χ4v) is 2.45. The van der Waals surface area contributed by atoms with Crippen molar-refractivity contribution in [3.8, 4) is 17.1 Å². The third-order valence-electron chi connectivity index (χ3n) is 3.06. The van der Waals surface area contributed by atoms with Crippen molar-refractivity contribution in [1.82, 2.24) is 30.0 Å². The number of nitrogen functional groups attached to an aromatic ring is 1. The third kappa shape index (κ3) is 2.07. The topological polar surface area (TPSA) is 87.4 Å². The van der Waals surface area contributed by atoms with Crippen LogP contribution in [0.2, 0.25) is 0 Å². The Hall–Kier alpha value is -2.22. The van der Waals surface area contributed by atoms with Crippen LogP contribution in [0.25, 0.3) is 17.1 Å². The third-order valence-corrected chi connectivity index (χ3v) is 3.52. The van der Waals surface area contributed by atoms with Crippen LogP contribution in [-0.4, -0.2) is 30.0 Å². The summed E-state index contributed by atoms with van der Waals surface area (Å²) in [5.74, 6) is 0.628. The molecule has 2 N–H and O–H groups in total. The van der Waals surface area contributed by atoms with Gasteiger partial charge < -0.3 is 5.73 Å². The van der Waals surface area contributed by atoms with Gasteiger partial charge >= 0.3 is 0 Å². The number of aryl methyl sites for hydroxylation is 1. The lowest BCUT2D eigenvalue weighted by atomic mass is 10.1. The molecule has 0 saturated carbocycles. The van der Waals surface area contributed by atoms with Crippen molar-refractivity contribution in [2.75, 3.05) is 5.73 Å². The van der Waals surface area contributed by atoms with Gasteiger partial charge in [-0.05, 0) is 35.0 Å². The van der Waals surface area contributed by atoms with Gasteiger partial charge in [-0.3, -0.25) is 4.68 Å². The van der Waals surface area contributed by atoms with E-state index in [1.54, 1.807) is 15.6 Å². The average molecular weight is 334 g/mol. The summed E-state index contributed by atoms with van der Waals surface area (Å²) in [6.07, 6.45) is 3.55. The summed E-state index contributed by atoms with van der Waals surface area (Å²) < 4.78 is 4.22. The molecule has 0 radical (unpaired) electrons. The number of tetrazole rings is 1. The first-order valence-electron chi connectivity index (χ1n) is 5.89. The van der Waals surface area contributed by atoms with Gasteiger partial charge in [0.25, 0.3) is 0 Å². The Balaban J connectivity index is 2.20. The molecule has 1 aromatic carbocycles. The molecule has 0 saturated heterocycles. The molecule has 0 aliphatic rings. The first-order valence-corrected chi connectivity index (χ1v) is 6.69. The van der Waals surface area contributed by atoms with E-state index < -0.39 is 0 Å². The average Bonchev–Trinajstić information content (AvgIpc) is 3.01. The number of nitrogens with two attached hydrogens (primary N) is 1. The van der Waals surface area contributed by atoms with E-state index in [1.165, 1.54) is 0 Å². The van der Waals surface area contributed by atoms with Crippen LogP contribution in [0.15, 0.2) is 29.0 Å². The van der Waals surface area contributed by atoms with Gasteiger partial charge in [0.15, 0.2) is 5.82 Å². The molecule has 2 heterocycles. The van der Waals surface area contributed by atoms with E-state index in [0.29, 0.717) is 11.5 Å². The number of hydrogen-bond donors (Lipinski definition) is 1. The summed E-state index contributed by atoms with van der Waals surface area (Å²) in [6, 6.07) is 3.81. The van der Waals surface area contributed by atoms with E-state index in [9.17, 15) is 0 Å². The molecule has 3 rings (SSSR count). The quantitative estimate of drug-likeness (QED) is 0.721. The zero-order valence-electron chi connectivity index (χ0n) is 10.9. The minimum atomic E-state index is 0.628. The Kier molecular flexibility index (Phi) is 3.01. The van der Waals surface area contributed by atoms with Crippen molar-refractivity contribution in [2.24, 2.45) is 7.05 Å². The Morgan fingerprint density at radius 1 is 1.30 bits per heavy atom. The molecule has 8 heteroatoms. The molecule has 0 aliphatic carbocycles. The Morgan fingerprint density at radius 3 is 2.80 bits per heavy atom. The normalized spacial score (nSPS) is 10.9. The number of nitrogens with zero attached hydrogens (tertiary/aromatic N) is 6. The van der Waals surface area contributed by atoms with E-state index in [-0.39, 0.29) is 0 Å². The lowest BCUT2D eigenvalue weighted by molar-refractivity contribution is 0.762. The smallest absolute Gasteiger partial charge is 0.187 e. The zero-order chi connectivity index (χ0) is 14.3. The Bertz CT molecular complexity index is 774. The summed E-state index contributed by atoms with van der Waals surface area (Å²) in [6.45, 7) is 1.94. The highest BCUT2D eigenvalue weighted by Gasteiger charge is 2.16. The van der Waals surface area contributed by atoms with Gasteiger partial charge in [0.1, 0.15) is 5.69 Å². The predicted molar refractivity (Wildman–Crippen MR) is 78.2 cm³/mol. The van der Waals surface area contributed by atoms with Gasteiger partial charge in [-0.2, -0.15) is 9.78 Å². The van der Waals surface area contributed by atoms with Crippen molar-refractivity contribution in [3.63, 3.8) is 0 Å². The predicted octanol–water partition coefficient (Wildman–Crippen LogP) is 1.72. The molecule has 0 fully saturated rings. The Labute approximate surface area is 123 Å². The van der Waals surface area contributed by atoms with Gasteiger partial charge in [0.2, 0.25) is 0 Å². The van der Waals surface area contributed by atoms with Crippen molar-refractivity contribution in [1.29, 1.82) is 0 Å². The van der Waals surface area contributed by atoms with Crippen molar-refractivity contribution in [2.45, 2.75) is 6.92 Å². The summed E-state index contributed by atoms with van der Waals surface area (Å²) in [7, 11) is 1.84. The molecular weight excluding hydrogens is 322 g/mol. The molecule has 3 aromatic rings. The fourth-order valence-electron chi connectivity index (χ4n) is 1.98. The highest BCUT2D eigenvalue weighted by atomic mass is 79.9. The molecule has 0 aliphatic heterocycles. The first kappa shape index (κ1) is 12.8. The lowest BCUT2D eigenvalue weighted by Gasteiger charge is -2.08. The maximum absolute atomic E-state index is 6.00. The van der Waals surface area contributed by atoms with E-state index in [0.717, 1.165) is 21.3 Å². The highest BCUT2D eigenvalue weighted by Crippen LogP contribution is 2.30. The van der Waals surface area contributed by atoms with E-state index in [1.807, 2.05) is 32.3 Å². The second kappa shape index (κ2) is 4.71. The Morgan fingerprint density at radius 2 is 2.10 bits per heavy atom. The molecule has 0 bridgehead atoms. The van der Waals surface area contributed by atoms with E-state index in [2.05, 4.69) is 36.6 Å². The van der Waals surface area contributed by atoms with Crippen LogP contribution in [0.5, 0.6) is 0 Å². The summed E-state index contributed by atoms with van der Waals surface area (Å²) in [4.78, 5) is 0. The number of hydrogen-bond acceptors (Lipinski definition) is 5. The summed E-state index contributed by atoms with van der Waals surface area (Å²) in [5, 5.41) is 16.0. The monoisotopic (exact) mass is 333 g/mol. The first-order chi connectivity index (χ1) is 9.56. The summed E-state index contributed by atoms with van der Waals surface area (Å²) in [5.41, 5.74) is 9.30. The molecule has 0 amide bonds. The fraction of sp³-hybridized carbons (Fsp3) is 0.167. The lowest BCUT2D eigenvalue weighted by Crippen LogP contribution is -2.01. The number of anilines is 1. The molecule has 0 unspecified atom stereocenters. The molecule has 102 valence electrons. The number of aromatic nitrogens is 6. The van der Waals surface area contributed by atoms with Gasteiger partial charge in [0.05, 0.1) is 12.4 Å². The summed E-state index contributed by atoms with van der Waals surface area (Å²) >= 11 is 3.44. The van der Waals surface area contributed by atoms with Crippen LogP contribution >= 0.6 is 15.9 Å². The number of benzene rings is 1. The molecule has 7 nitrogen and oxygen atoms in total. The van der Waals surface area contributed by atoms with E-state index >= 15 is 0 Å². The van der Waals surface area contributed by atoms with Crippen LogP contribution in [0, 0.1) is 6.92 Å². The standard InChI is InChI=1S/C12H12BrN7/c1-7-10(3-8(13)4-11(7)14)12-16-17-18-20(12)9-5-15-19(2)6-9/h3-6H,14H2,1-2H3. The molecule has 0 spiro atoms. The van der Waals surface area contributed by atoms with Crippen molar-refractivity contribution < 1.29 is 0 Å². The van der Waals surface area contributed by atoms with Gasteiger partial charge in [-0.1, -0.05) is 15.9 Å². The SMILES string of the molecule is Cc1c(N)cc(Br)cc1-c1nnnn1-c1cnn(C)c1. The number of halogens is 1. The van der Waals surface area contributed by atoms with Crippen LogP contribution < -0.4 is 5.73 Å².